The SMILES string of the molecule is Cc1cccc(NC(=O)c2cc(S(N)(=O)=O)c(Cl)cc2F)c1C. The van der Waals surface area contributed by atoms with Gasteiger partial charge < -0.3 is 5.32 Å². The molecular weight excluding hydrogens is 343 g/mol. The monoisotopic (exact) mass is 356 g/mol. The van der Waals surface area contributed by atoms with E-state index in [9.17, 15) is 17.6 Å². The van der Waals surface area contributed by atoms with E-state index >= 15 is 0 Å². The highest BCUT2D eigenvalue weighted by atomic mass is 35.5. The molecule has 0 fully saturated rings. The van der Waals surface area contributed by atoms with E-state index in [0.717, 1.165) is 23.3 Å². The van der Waals surface area contributed by atoms with Crippen LogP contribution in [0, 0.1) is 19.7 Å². The maximum absolute atomic E-state index is 14.0. The summed E-state index contributed by atoms with van der Waals surface area (Å²) in [6, 6.07) is 6.85. The van der Waals surface area contributed by atoms with Gasteiger partial charge in [-0.2, -0.15) is 0 Å². The second-order valence-electron chi connectivity index (χ2n) is 5.01. The number of benzene rings is 2. The minimum Gasteiger partial charge on any atom is -0.322 e. The van der Waals surface area contributed by atoms with Crippen molar-refractivity contribution in [1.29, 1.82) is 0 Å². The lowest BCUT2D eigenvalue weighted by Gasteiger charge is -2.12. The van der Waals surface area contributed by atoms with Crippen molar-refractivity contribution in [1.82, 2.24) is 0 Å². The first-order chi connectivity index (χ1) is 10.6. The molecule has 8 heteroatoms. The van der Waals surface area contributed by atoms with Gasteiger partial charge in [0.1, 0.15) is 10.7 Å². The summed E-state index contributed by atoms with van der Waals surface area (Å²) in [4.78, 5) is 11.8. The number of rotatable bonds is 3. The third-order valence-electron chi connectivity index (χ3n) is 3.43. The van der Waals surface area contributed by atoms with Crippen molar-refractivity contribution in [3.05, 3.63) is 57.9 Å². The summed E-state index contributed by atoms with van der Waals surface area (Å²) in [7, 11) is -4.17. The molecule has 0 atom stereocenters. The molecule has 1 amide bonds. The van der Waals surface area contributed by atoms with Gasteiger partial charge in [-0.3, -0.25) is 4.79 Å². The molecule has 0 unspecified atom stereocenters. The first-order valence-electron chi connectivity index (χ1n) is 6.50. The highest BCUT2D eigenvalue weighted by Crippen LogP contribution is 2.25. The van der Waals surface area contributed by atoms with Crippen LogP contribution in [0.25, 0.3) is 0 Å². The van der Waals surface area contributed by atoms with Crippen molar-refractivity contribution >= 4 is 33.2 Å². The summed E-state index contributed by atoms with van der Waals surface area (Å²) < 4.78 is 36.8. The van der Waals surface area contributed by atoms with E-state index in [4.69, 9.17) is 16.7 Å². The Bertz CT molecular complexity index is 898. The van der Waals surface area contributed by atoms with E-state index in [1.807, 2.05) is 13.0 Å². The highest BCUT2D eigenvalue weighted by molar-refractivity contribution is 7.89. The van der Waals surface area contributed by atoms with Crippen LogP contribution in [0.3, 0.4) is 0 Å². The van der Waals surface area contributed by atoms with Gasteiger partial charge in [-0.15, -0.1) is 0 Å². The summed E-state index contributed by atoms with van der Waals surface area (Å²) in [5.74, 6) is -1.73. The molecule has 0 saturated heterocycles. The minimum atomic E-state index is -4.17. The van der Waals surface area contributed by atoms with E-state index in [1.165, 1.54) is 0 Å². The number of carbonyl (C=O) groups is 1. The molecule has 0 aliphatic carbocycles. The zero-order valence-corrected chi connectivity index (χ0v) is 13.9. The Hall–Kier alpha value is -1.96. The minimum absolute atomic E-state index is 0.381. The lowest BCUT2D eigenvalue weighted by molar-refractivity contribution is 0.102. The number of halogens is 2. The van der Waals surface area contributed by atoms with Gasteiger partial charge in [0.05, 0.1) is 10.6 Å². The van der Waals surface area contributed by atoms with Crippen LogP contribution in [0.5, 0.6) is 0 Å². The van der Waals surface area contributed by atoms with E-state index in [0.29, 0.717) is 5.69 Å². The fraction of sp³-hybridized carbons (Fsp3) is 0.133. The van der Waals surface area contributed by atoms with E-state index < -0.39 is 32.2 Å². The van der Waals surface area contributed by atoms with Gasteiger partial charge in [0.25, 0.3) is 5.91 Å². The fourth-order valence-corrected chi connectivity index (χ4v) is 3.08. The Morgan fingerprint density at radius 1 is 1.26 bits per heavy atom. The maximum atomic E-state index is 14.0. The third kappa shape index (κ3) is 3.69. The average Bonchev–Trinajstić information content (AvgIpc) is 2.42. The number of anilines is 1. The number of nitrogens with one attached hydrogen (secondary N) is 1. The molecule has 3 N–H and O–H groups in total. The van der Waals surface area contributed by atoms with Gasteiger partial charge >= 0.3 is 0 Å². The van der Waals surface area contributed by atoms with Crippen LogP contribution in [0.15, 0.2) is 35.2 Å². The van der Waals surface area contributed by atoms with E-state index in [2.05, 4.69) is 5.32 Å². The number of amides is 1. The normalized spacial score (nSPS) is 11.3. The Morgan fingerprint density at radius 3 is 2.52 bits per heavy atom. The molecule has 2 rings (SSSR count). The molecule has 0 spiro atoms. The Labute approximate surface area is 138 Å². The summed E-state index contributed by atoms with van der Waals surface area (Å²) >= 11 is 5.67. The fourth-order valence-electron chi connectivity index (χ4n) is 2.00. The average molecular weight is 357 g/mol. The molecule has 0 heterocycles. The van der Waals surface area contributed by atoms with Gasteiger partial charge in [-0.25, -0.2) is 17.9 Å². The summed E-state index contributed by atoms with van der Waals surface area (Å²) in [6.07, 6.45) is 0. The predicted octanol–water partition coefficient (Wildman–Crippen LogP) is 3.00. The lowest BCUT2D eigenvalue weighted by atomic mass is 10.1. The molecule has 0 saturated carbocycles. The first kappa shape index (κ1) is 17.4. The summed E-state index contributed by atoms with van der Waals surface area (Å²) in [5.41, 5.74) is 1.81. The van der Waals surface area contributed by atoms with Gasteiger partial charge in [0, 0.05) is 5.69 Å². The zero-order valence-electron chi connectivity index (χ0n) is 12.4. The molecule has 2 aromatic carbocycles. The number of hydrogen-bond donors (Lipinski definition) is 2. The molecule has 0 radical (unpaired) electrons. The summed E-state index contributed by atoms with van der Waals surface area (Å²) in [5, 5.41) is 7.17. The Morgan fingerprint density at radius 2 is 1.91 bits per heavy atom. The zero-order chi connectivity index (χ0) is 17.4. The molecule has 2 aromatic rings. The van der Waals surface area contributed by atoms with Gasteiger partial charge in [0.15, 0.2) is 0 Å². The third-order valence-corrected chi connectivity index (χ3v) is 4.80. The maximum Gasteiger partial charge on any atom is 0.258 e. The summed E-state index contributed by atoms with van der Waals surface area (Å²) in [6.45, 7) is 3.67. The van der Waals surface area contributed by atoms with Gasteiger partial charge in [-0.1, -0.05) is 23.7 Å². The van der Waals surface area contributed by atoms with Crippen molar-refractivity contribution in [3.63, 3.8) is 0 Å². The number of hydrogen-bond acceptors (Lipinski definition) is 3. The second-order valence-corrected chi connectivity index (χ2v) is 6.95. The Balaban J connectivity index is 2.46. The quantitative estimate of drug-likeness (QED) is 0.885. The van der Waals surface area contributed by atoms with E-state index in [1.54, 1.807) is 19.1 Å². The van der Waals surface area contributed by atoms with Crippen LogP contribution in [-0.4, -0.2) is 14.3 Å². The number of aryl methyl sites for hydroxylation is 1. The number of carbonyl (C=O) groups excluding carboxylic acids is 1. The predicted molar refractivity (Wildman–Crippen MR) is 86.7 cm³/mol. The standard InChI is InChI=1S/C15H14ClFN2O3S/c1-8-4-3-5-13(9(8)2)19-15(20)10-6-14(23(18,21)22)11(16)7-12(10)17/h3-7H,1-2H3,(H,19,20)(H2,18,21,22). The first-order valence-corrected chi connectivity index (χ1v) is 8.43. The van der Waals surface area contributed by atoms with Crippen molar-refractivity contribution in [2.24, 2.45) is 5.14 Å². The van der Waals surface area contributed by atoms with E-state index in [-0.39, 0.29) is 5.02 Å². The topological polar surface area (TPSA) is 89.3 Å². The van der Waals surface area contributed by atoms with Gasteiger partial charge in [-0.05, 0) is 43.2 Å². The van der Waals surface area contributed by atoms with Crippen molar-refractivity contribution < 1.29 is 17.6 Å². The number of sulfonamides is 1. The number of nitrogens with two attached hydrogens (primary N) is 1. The van der Waals surface area contributed by atoms with Crippen LogP contribution in [0.2, 0.25) is 5.02 Å². The van der Waals surface area contributed by atoms with Crippen LogP contribution in [0.4, 0.5) is 10.1 Å². The molecule has 0 aliphatic rings. The molecular formula is C15H14ClFN2O3S. The molecule has 5 nitrogen and oxygen atoms in total. The molecule has 122 valence electrons. The smallest absolute Gasteiger partial charge is 0.258 e. The van der Waals surface area contributed by atoms with Crippen LogP contribution in [-0.2, 0) is 10.0 Å². The molecule has 23 heavy (non-hydrogen) atoms. The molecule has 0 bridgehead atoms. The van der Waals surface area contributed by atoms with Gasteiger partial charge in [0.2, 0.25) is 10.0 Å². The van der Waals surface area contributed by atoms with Crippen molar-refractivity contribution in [2.75, 3.05) is 5.32 Å². The highest BCUT2D eigenvalue weighted by Gasteiger charge is 2.21. The van der Waals surface area contributed by atoms with Crippen LogP contribution >= 0.6 is 11.6 Å². The van der Waals surface area contributed by atoms with Crippen molar-refractivity contribution in [2.45, 2.75) is 18.7 Å². The largest absolute Gasteiger partial charge is 0.322 e. The van der Waals surface area contributed by atoms with Crippen molar-refractivity contribution in [3.8, 4) is 0 Å². The Kier molecular flexibility index (Phi) is 4.74. The van der Waals surface area contributed by atoms with Crippen LogP contribution < -0.4 is 10.5 Å². The molecule has 0 aliphatic heterocycles. The lowest BCUT2D eigenvalue weighted by Crippen LogP contribution is -2.18. The second kappa shape index (κ2) is 6.27. The number of primary sulfonamides is 1. The van der Waals surface area contributed by atoms with Crippen LogP contribution in [0.1, 0.15) is 21.5 Å². The molecule has 0 aromatic heterocycles.